The summed E-state index contributed by atoms with van der Waals surface area (Å²) in [4.78, 5) is 22.1. The lowest BCUT2D eigenvalue weighted by atomic mass is 10.2. The quantitative estimate of drug-likeness (QED) is 0.530. The number of anilines is 1. The lowest BCUT2D eigenvalue weighted by molar-refractivity contribution is -0.120. The molecule has 1 saturated heterocycles. The maximum Gasteiger partial charge on any atom is 0.266 e. The van der Waals surface area contributed by atoms with Crippen LogP contribution in [0.1, 0.15) is 17.5 Å². The number of aromatic nitrogens is 1. The van der Waals surface area contributed by atoms with E-state index in [0.29, 0.717) is 12.3 Å². The van der Waals surface area contributed by atoms with E-state index in [1.807, 2.05) is 37.3 Å². The molecule has 164 valence electrons. The first-order valence-corrected chi connectivity index (χ1v) is 11.6. The Morgan fingerprint density at radius 3 is 2.77 bits per heavy atom. The van der Waals surface area contributed by atoms with Gasteiger partial charge in [-0.3, -0.25) is 14.6 Å². The van der Waals surface area contributed by atoms with E-state index in [2.05, 4.69) is 24.0 Å². The van der Waals surface area contributed by atoms with Crippen molar-refractivity contribution in [2.24, 2.45) is 0 Å². The number of carbonyl (C=O) groups excluding carboxylic acids is 1. The molecular weight excluding hydrogens is 410 g/mol. The lowest BCUT2D eigenvalue weighted by Crippen LogP contribution is -2.40. The number of thiazole rings is 1. The third-order valence-electron chi connectivity index (χ3n) is 5.38. The lowest BCUT2D eigenvalue weighted by Gasteiger charge is -2.27. The number of ether oxygens (including phenoxy) is 2. The van der Waals surface area contributed by atoms with Crippen LogP contribution in [0, 0.1) is 13.8 Å². The van der Waals surface area contributed by atoms with Gasteiger partial charge in [0, 0.05) is 26.2 Å². The molecule has 0 bridgehead atoms. The molecule has 1 fully saturated rings. The van der Waals surface area contributed by atoms with Gasteiger partial charge in [0.2, 0.25) is 0 Å². The van der Waals surface area contributed by atoms with Gasteiger partial charge in [0.05, 0.1) is 23.4 Å². The average molecular weight is 440 g/mol. The van der Waals surface area contributed by atoms with Crippen molar-refractivity contribution in [2.45, 2.75) is 20.3 Å². The molecule has 2 aromatic carbocycles. The number of hydrogen-bond acceptors (Lipinski definition) is 6. The van der Waals surface area contributed by atoms with Crippen molar-refractivity contribution in [2.75, 3.05) is 50.9 Å². The number of carbonyl (C=O) groups is 1. The van der Waals surface area contributed by atoms with Crippen molar-refractivity contribution in [3.8, 4) is 5.75 Å². The second kappa shape index (κ2) is 10.2. The summed E-state index contributed by atoms with van der Waals surface area (Å²) < 4.78 is 12.3. The molecule has 4 rings (SSSR count). The molecule has 0 unspecified atom stereocenters. The molecule has 1 amide bonds. The van der Waals surface area contributed by atoms with Crippen LogP contribution in [0.25, 0.3) is 10.2 Å². The third kappa shape index (κ3) is 5.81. The van der Waals surface area contributed by atoms with Crippen LogP contribution in [0.5, 0.6) is 5.75 Å². The fourth-order valence-electron chi connectivity index (χ4n) is 3.67. The Morgan fingerprint density at radius 1 is 1.16 bits per heavy atom. The standard InChI is InChI=1S/C24H29N3O3S/c1-18-5-3-6-20(15-18)30-17-23(28)27(10-4-9-26-11-13-29-14-12-26)24-25-21-8-7-19(2)16-22(21)31-24/h3,5-8,15-16H,4,9-14,17H2,1-2H3. The van der Waals surface area contributed by atoms with E-state index < -0.39 is 0 Å². The summed E-state index contributed by atoms with van der Waals surface area (Å²) in [6.07, 6.45) is 0.880. The van der Waals surface area contributed by atoms with Crippen LogP contribution in [0.3, 0.4) is 0 Å². The second-order valence-corrected chi connectivity index (χ2v) is 8.93. The van der Waals surface area contributed by atoms with Crippen molar-refractivity contribution >= 4 is 32.6 Å². The first-order chi connectivity index (χ1) is 15.1. The number of aryl methyl sites for hydroxylation is 2. The van der Waals surface area contributed by atoms with E-state index in [0.717, 1.165) is 60.2 Å². The number of rotatable bonds is 8. The summed E-state index contributed by atoms with van der Waals surface area (Å²) in [6, 6.07) is 14.0. The first-order valence-electron chi connectivity index (χ1n) is 10.8. The van der Waals surface area contributed by atoms with Gasteiger partial charge in [-0.15, -0.1) is 0 Å². The number of hydrogen-bond donors (Lipinski definition) is 0. The van der Waals surface area contributed by atoms with Gasteiger partial charge in [-0.1, -0.05) is 29.5 Å². The van der Waals surface area contributed by atoms with Gasteiger partial charge in [0.25, 0.3) is 5.91 Å². The number of benzene rings is 2. The van der Waals surface area contributed by atoms with Gasteiger partial charge in [0.15, 0.2) is 11.7 Å². The van der Waals surface area contributed by atoms with Crippen LogP contribution in [0.2, 0.25) is 0 Å². The van der Waals surface area contributed by atoms with Crippen LogP contribution in [-0.2, 0) is 9.53 Å². The van der Waals surface area contributed by atoms with Crippen molar-refractivity contribution < 1.29 is 14.3 Å². The Hall–Kier alpha value is -2.48. The van der Waals surface area contributed by atoms with E-state index in [4.69, 9.17) is 14.5 Å². The Labute approximate surface area is 187 Å². The highest BCUT2D eigenvalue weighted by atomic mass is 32.1. The zero-order valence-corrected chi connectivity index (χ0v) is 19.0. The summed E-state index contributed by atoms with van der Waals surface area (Å²) in [7, 11) is 0. The van der Waals surface area contributed by atoms with E-state index in [9.17, 15) is 4.79 Å². The summed E-state index contributed by atoms with van der Waals surface area (Å²) in [5.74, 6) is 0.640. The van der Waals surface area contributed by atoms with E-state index in [-0.39, 0.29) is 12.5 Å². The molecule has 0 spiro atoms. The molecular formula is C24H29N3O3S. The zero-order chi connectivity index (χ0) is 21.6. The maximum atomic E-state index is 13.2. The topological polar surface area (TPSA) is 54.9 Å². The molecule has 0 radical (unpaired) electrons. The highest BCUT2D eigenvalue weighted by Crippen LogP contribution is 2.30. The molecule has 1 aliphatic heterocycles. The zero-order valence-electron chi connectivity index (χ0n) is 18.2. The largest absolute Gasteiger partial charge is 0.484 e. The summed E-state index contributed by atoms with van der Waals surface area (Å²) in [5.41, 5.74) is 3.22. The van der Waals surface area contributed by atoms with Gasteiger partial charge < -0.3 is 9.47 Å². The van der Waals surface area contributed by atoms with Crippen LogP contribution in [0.4, 0.5) is 5.13 Å². The minimum atomic E-state index is -0.0701. The predicted octanol–water partition coefficient (Wildman–Crippen LogP) is 4.05. The third-order valence-corrected chi connectivity index (χ3v) is 6.42. The van der Waals surface area contributed by atoms with E-state index in [1.165, 1.54) is 5.56 Å². The van der Waals surface area contributed by atoms with Crippen LogP contribution in [-0.4, -0.2) is 61.8 Å². The number of fused-ring (bicyclic) bond motifs is 1. The minimum Gasteiger partial charge on any atom is -0.484 e. The van der Waals surface area contributed by atoms with Gasteiger partial charge in [0.1, 0.15) is 5.75 Å². The SMILES string of the molecule is Cc1cccc(OCC(=O)N(CCCN2CCOCC2)c2nc3ccc(C)cc3s2)c1. The van der Waals surface area contributed by atoms with Crippen LogP contribution in [0.15, 0.2) is 42.5 Å². The van der Waals surface area contributed by atoms with Crippen LogP contribution < -0.4 is 9.64 Å². The van der Waals surface area contributed by atoms with Crippen molar-refractivity contribution in [3.05, 3.63) is 53.6 Å². The van der Waals surface area contributed by atoms with Gasteiger partial charge in [-0.05, 0) is 55.7 Å². The van der Waals surface area contributed by atoms with Crippen molar-refractivity contribution in [1.29, 1.82) is 0 Å². The average Bonchev–Trinajstić information content (AvgIpc) is 3.18. The number of amides is 1. The monoisotopic (exact) mass is 439 g/mol. The minimum absolute atomic E-state index is 0.00401. The normalized spacial score (nSPS) is 14.6. The Kier molecular flexibility index (Phi) is 7.17. The summed E-state index contributed by atoms with van der Waals surface area (Å²) in [5, 5.41) is 0.736. The van der Waals surface area contributed by atoms with E-state index >= 15 is 0 Å². The first kappa shape index (κ1) is 21.7. The fraction of sp³-hybridized carbons (Fsp3) is 0.417. The molecule has 2 heterocycles. The van der Waals surface area contributed by atoms with Crippen LogP contribution >= 0.6 is 11.3 Å². The smallest absolute Gasteiger partial charge is 0.266 e. The molecule has 6 nitrogen and oxygen atoms in total. The highest BCUT2D eigenvalue weighted by Gasteiger charge is 2.21. The van der Waals surface area contributed by atoms with Gasteiger partial charge in [-0.2, -0.15) is 0 Å². The van der Waals surface area contributed by atoms with E-state index in [1.54, 1.807) is 16.2 Å². The summed E-state index contributed by atoms with van der Waals surface area (Å²) in [6.45, 7) is 9.09. The molecule has 3 aromatic rings. The molecule has 0 atom stereocenters. The summed E-state index contributed by atoms with van der Waals surface area (Å²) >= 11 is 1.56. The van der Waals surface area contributed by atoms with Crippen molar-refractivity contribution in [3.63, 3.8) is 0 Å². The maximum absolute atomic E-state index is 13.2. The molecule has 0 N–H and O–H groups in total. The number of morpholine rings is 1. The molecule has 0 saturated carbocycles. The Bertz CT molecular complexity index is 1030. The molecule has 1 aliphatic rings. The Balaban J connectivity index is 1.46. The Morgan fingerprint density at radius 2 is 1.97 bits per heavy atom. The van der Waals surface area contributed by atoms with Crippen molar-refractivity contribution in [1.82, 2.24) is 9.88 Å². The fourth-order valence-corrected chi connectivity index (χ4v) is 4.77. The van der Waals surface area contributed by atoms with Gasteiger partial charge in [-0.25, -0.2) is 4.98 Å². The second-order valence-electron chi connectivity index (χ2n) is 7.93. The number of nitrogens with zero attached hydrogens (tertiary/aromatic N) is 3. The molecule has 31 heavy (non-hydrogen) atoms. The molecule has 0 aliphatic carbocycles. The predicted molar refractivity (Wildman–Crippen MR) is 125 cm³/mol. The highest BCUT2D eigenvalue weighted by molar-refractivity contribution is 7.22. The van der Waals surface area contributed by atoms with Gasteiger partial charge >= 0.3 is 0 Å². The molecule has 1 aromatic heterocycles. The molecule has 7 heteroatoms.